The van der Waals surface area contributed by atoms with Crippen LogP contribution < -0.4 is 15.5 Å². The van der Waals surface area contributed by atoms with Gasteiger partial charge in [-0.2, -0.15) is 0 Å². The first-order chi connectivity index (χ1) is 12.3. The highest BCUT2D eigenvalue weighted by atomic mass is 19.1. The monoisotopic (exact) mass is 355 g/mol. The maximum absolute atomic E-state index is 13.1. The number of rotatable bonds is 4. The van der Waals surface area contributed by atoms with Gasteiger partial charge in [-0.05, 0) is 53.3 Å². The lowest BCUT2D eigenvalue weighted by molar-refractivity contribution is 0.247. The van der Waals surface area contributed by atoms with Gasteiger partial charge in [0.05, 0.1) is 0 Å². The highest BCUT2D eigenvalue weighted by Crippen LogP contribution is 2.31. The van der Waals surface area contributed by atoms with Crippen LogP contribution in [0.5, 0.6) is 0 Å². The van der Waals surface area contributed by atoms with Gasteiger partial charge in [0.1, 0.15) is 5.82 Å². The van der Waals surface area contributed by atoms with Crippen molar-refractivity contribution in [1.82, 2.24) is 5.32 Å². The number of hydrogen-bond acceptors (Lipinski definition) is 2. The molecule has 0 aromatic heterocycles. The molecular weight excluding hydrogens is 329 g/mol. The van der Waals surface area contributed by atoms with Gasteiger partial charge in [0.25, 0.3) is 0 Å². The molecule has 2 amide bonds. The molecule has 0 bridgehead atoms. The van der Waals surface area contributed by atoms with Gasteiger partial charge in [-0.25, -0.2) is 9.18 Å². The van der Waals surface area contributed by atoms with E-state index in [1.165, 1.54) is 23.4 Å². The molecular formula is C21H26FN3O. The predicted octanol–water partition coefficient (Wildman–Crippen LogP) is 4.56. The van der Waals surface area contributed by atoms with Crippen LogP contribution in [0.4, 0.5) is 20.6 Å². The first-order valence-corrected chi connectivity index (χ1v) is 8.97. The van der Waals surface area contributed by atoms with Crippen molar-refractivity contribution in [2.45, 2.75) is 33.7 Å². The fraction of sp³-hybridized carbons (Fsp3) is 0.381. The minimum atomic E-state index is -0.212. The van der Waals surface area contributed by atoms with Crippen LogP contribution in [0.15, 0.2) is 42.5 Å². The van der Waals surface area contributed by atoms with Crippen molar-refractivity contribution in [2.75, 3.05) is 23.3 Å². The van der Waals surface area contributed by atoms with Crippen LogP contribution in [0.2, 0.25) is 0 Å². The van der Waals surface area contributed by atoms with E-state index in [4.69, 9.17) is 0 Å². The molecule has 2 aromatic carbocycles. The van der Waals surface area contributed by atoms with E-state index in [2.05, 4.69) is 36.3 Å². The number of urea groups is 1. The Balaban J connectivity index is 1.62. The van der Waals surface area contributed by atoms with Gasteiger partial charge in [0.15, 0.2) is 0 Å². The third-order valence-electron chi connectivity index (χ3n) is 4.40. The van der Waals surface area contributed by atoms with Gasteiger partial charge in [-0.1, -0.05) is 32.9 Å². The summed E-state index contributed by atoms with van der Waals surface area (Å²) in [5, 5.41) is 5.80. The van der Waals surface area contributed by atoms with Gasteiger partial charge < -0.3 is 15.5 Å². The van der Waals surface area contributed by atoms with Crippen LogP contribution in [-0.2, 0) is 13.0 Å². The Hall–Kier alpha value is -2.56. The molecule has 2 aromatic rings. The molecule has 0 atom stereocenters. The van der Waals surface area contributed by atoms with Crippen molar-refractivity contribution in [2.24, 2.45) is 5.41 Å². The summed E-state index contributed by atoms with van der Waals surface area (Å²) < 4.78 is 13.1. The van der Waals surface area contributed by atoms with Crippen LogP contribution >= 0.6 is 0 Å². The quantitative estimate of drug-likeness (QED) is 0.845. The predicted molar refractivity (Wildman–Crippen MR) is 104 cm³/mol. The number of nitrogens with one attached hydrogen (secondary N) is 2. The molecule has 3 rings (SSSR count). The van der Waals surface area contributed by atoms with E-state index in [1.54, 1.807) is 0 Å². The van der Waals surface area contributed by atoms with Crippen molar-refractivity contribution in [3.8, 4) is 0 Å². The number of hydrogen-bond donors (Lipinski definition) is 2. The Bertz CT molecular complexity index is 781. The Morgan fingerprint density at radius 3 is 2.58 bits per heavy atom. The largest absolute Gasteiger partial charge is 0.367 e. The Kier molecular flexibility index (Phi) is 5.16. The van der Waals surface area contributed by atoms with Crippen molar-refractivity contribution in [3.63, 3.8) is 0 Å². The number of amides is 2. The standard InChI is InChI=1S/C21H26FN3O/c1-21(2,3)14-23-20(26)24-18-8-9-19-16(12-18)10-11-25(19)13-15-4-6-17(22)7-5-15/h4-9,12H,10-11,13-14H2,1-3H3,(H2,23,24,26). The molecule has 0 aliphatic carbocycles. The zero-order valence-electron chi connectivity index (χ0n) is 15.6. The van der Waals surface area contributed by atoms with Gasteiger partial charge >= 0.3 is 6.03 Å². The van der Waals surface area contributed by atoms with Crippen molar-refractivity contribution < 1.29 is 9.18 Å². The molecule has 1 aliphatic rings. The summed E-state index contributed by atoms with van der Waals surface area (Å²) in [5.41, 5.74) is 4.34. The molecule has 0 saturated carbocycles. The van der Waals surface area contributed by atoms with E-state index in [1.807, 2.05) is 30.3 Å². The minimum absolute atomic E-state index is 0.0517. The van der Waals surface area contributed by atoms with E-state index < -0.39 is 0 Å². The number of nitrogens with zero attached hydrogens (tertiary/aromatic N) is 1. The number of carbonyl (C=O) groups is 1. The van der Waals surface area contributed by atoms with Crippen LogP contribution in [0.1, 0.15) is 31.9 Å². The number of halogens is 1. The summed E-state index contributed by atoms with van der Waals surface area (Å²) in [6.45, 7) is 8.54. The second kappa shape index (κ2) is 7.36. The Morgan fingerprint density at radius 2 is 1.88 bits per heavy atom. The summed E-state index contributed by atoms with van der Waals surface area (Å²) in [7, 11) is 0. The Morgan fingerprint density at radius 1 is 1.15 bits per heavy atom. The maximum Gasteiger partial charge on any atom is 0.319 e. The summed E-state index contributed by atoms with van der Waals surface area (Å²) in [5.74, 6) is -0.212. The molecule has 0 saturated heterocycles. The molecule has 0 fully saturated rings. The number of carbonyl (C=O) groups excluding carboxylic acids is 1. The summed E-state index contributed by atoms with van der Waals surface area (Å²) in [4.78, 5) is 14.3. The SMILES string of the molecule is CC(C)(C)CNC(=O)Nc1ccc2c(c1)CCN2Cc1ccc(F)cc1. The molecule has 0 spiro atoms. The van der Waals surface area contributed by atoms with E-state index in [0.717, 1.165) is 30.8 Å². The van der Waals surface area contributed by atoms with Gasteiger partial charge in [0.2, 0.25) is 0 Å². The van der Waals surface area contributed by atoms with Crippen molar-refractivity contribution in [1.29, 1.82) is 0 Å². The smallest absolute Gasteiger partial charge is 0.319 e. The van der Waals surface area contributed by atoms with Gasteiger partial charge in [-0.15, -0.1) is 0 Å². The van der Waals surface area contributed by atoms with Crippen molar-refractivity contribution >= 4 is 17.4 Å². The van der Waals surface area contributed by atoms with E-state index in [9.17, 15) is 9.18 Å². The lowest BCUT2D eigenvalue weighted by Gasteiger charge is -2.20. The normalized spacial score (nSPS) is 13.5. The van der Waals surface area contributed by atoms with Crippen LogP contribution in [-0.4, -0.2) is 19.1 Å². The number of benzene rings is 2. The van der Waals surface area contributed by atoms with E-state index in [0.29, 0.717) is 6.54 Å². The van der Waals surface area contributed by atoms with Crippen molar-refractivity contribution in [3.05, 3.63) is 59.4 Å². The average molecular weight is 355 g/mol. The molecule has 26 heavy (non-hydrogen) atoms. The molecule has 4 nitrogen and oxygen atoms in total. The fourth-order valence-corrected chi connectivity index (χ4v) is 3.04. The molecule has 0 unspecified atom stereocenters. The summed E-state index contributed by atoms with van der Waals surface area (Å²) in [6.07, 6.45) is 0.940. The zero-order chi connectivity index (χ0) is 18.7. The van der Waals surface area contributed by atoms with Crippen LogP contribution in [0, 0.1) is 11.2 Å². The molecule has 5 heteroatoms. The zero-order valence-corrected chi connectivity index (χ0v) is 15.6. The first kappa shape index (κ1) is 18.2. The van der Waals surface area contributed by atoms with Gasteiger partial charge in [-0.3, -0.25) is 0 Å². The minimum Gasteiger partial charge on any atom is -0.367 e. The topological polar surface area (TPSA) is 44.4 Å². The molecule has 1 aliphatic heterocycles. The highest BCUT2D eigenvalue weighted by Gasteiger charge is 2.20. The van der Waals surface area contributed by atoms with E-state index >= 15 is 0 Å². The van der Waals surface area contributed by atoms with E-state index in [-0.39, 0.29) is 17.3 Å². The van der Waals surface area contributed by atoms with Gasteiger partial charge in [0, 0.05) is 31.0 Å². The third-order valence-corrected chi connectivity index (χ3v) is 4.40. The molecule has 138 valence electrons. The molecule has 0 radical (unpaired) electrons. The lowest BCUT2D eigenvalue weighted by atomic mass is 9.97. The summed E-state index contributed by atoms with van der Waals surface area (Å²) in [6, 6.07) is 12.5. The third kappa shape index (κ3) is 4.75. The summed E-state index contributed by atoms with van der Waals surface area (Å²) >= 11 is 0. The molecule has 2 N–H and O–H groups in total. The lowest BCUT2D eigenvalue weighted by Crippen LogP contribution is -2.35. The Labute approximate surface area is 154 Å². The van der Waals surface area contributed by atoms with Crippen LogP contribution in [0.25, 0.3) is 0 Å². The number of anilines is 2. The first-order valence-electron chi connectivity index (χ1n) is 8.97. The second-order valence-electron chi connectivity index (χ2n) is 8.01. The highest BCUT2D eigenvalue weighted by molar-refractivity contribution is 5.89. The molecule has 1 heterocycles. The fourth-order valence-electron chi connectivity index (χ4n) is 3.04. The average Bonchev–Trinajstić information content (AvgIpc) is 2.97. The number of fused-ring (bicyclic) bond motifs is 1. The maximum atomic E-state index is 13.1. The van der Waals surface area contributed by atoms with Crippen LogP contribution in [0.3, 0.4) is 0 Å². The second-order valence-corrected chi connectivity index (χ2v) is 8.01.